The number of anilines is 1. The van der Waals surface area contributed by atoms with Crippen molar-refractivity contribution in [2.24, 2.45) is 0 Å². The lowest BCUT2D eigenvalue weighted by Gasteiger charge is -2.14. The van der Waals surface area contributed by atoms with Crippen LogP contribution in [0.4, 0.5) is 18.9 Å². The highest BCUT2D eigenvalue weighted by Gasteiger charge is 2.22. The van der Waals surface area contributed by atoms with Crippen LogP contribution in [0.2, 0.25) is 10.3 Å². The van der Waals surface area contributed by atoms with Crippen molar-refractivity contribution < 1.29 is 32.2 Å². The number of nitrogens with zero attached hydrogens (tertiary/aromatic N) is 1. The number of hydrogen-bond donors (Lipinski definition) is 1. The molecule has 0 saturated heterocycles. The van der Waals surface area contributed by atoms with Crippen molar-refractivity contribution in [2.75, 3.05) is 12.4 Å². The van der Waals surface area contributed by atoms with E-state index in [1.165, 1.54) is 31.4 Å². The Kier molecular flexibility index (Phi) is 7.66. The number of methoxy groups -OCH3 is 1. The number of aromatic nitrogens is 1. The number of hydrogen-bond acceptors (Lipinski definition) is 5. The lowest BCUT2D eigenvalue weighted by molar-refractivity contribution is 0.0732. The molecule has 0 atom stereocenters. The van der Waals surface area contributed by atoms with Gasteiger partial charge in [-0.1, -0.05) is 29.3 Å². The van der Waals surface area contributed by atoms with Gasteiger partial charge in [0.2, 0.25) is 0 Å². The molecular formula is C26H15Cl2F3N2O4. The van der Waals surface area contributed by atoms with Gasteiger partial charge in [-0.05, 0) is 60.2 Å². The van der Waals surface area contributed by atoms with Crippen LogP contribution in [0.5, 0.6) is 11.5 Å². The van der Waals surface area contributed by atoms with Gasteiger partial charge in [0.15, 0.2) is 11.0 Å². The van der Waals surface area contributed by atoms with Crippen molar-refractivity contribution >= 4 is 40.8 Å². The zero-order chi connectivity index (χ0) is 26.7. The second kappa shape index (κ2) is 10.9. The number of benzene rings is 3. The molecular weight excluding hydrogens is 532 g/mol. The van der Waals surface area contributed by atoms with Gasteiger partial charge < -0.3 is 14.8 Å². The fourth-order valence-corrected chi connectivity index (χ4v) is 3.70. The van der Waals surface area contributed by atoms with Gasteiger partial charge in [-0.2, -0.15) is 0 Å². The number of halogens is 5. The number of carbonyl (C=O) groups is 2. The molecule has 0 aliphatic rings. The molecule has 4 aromatic rings. The Morgan fingerprint density at radius 3 is 2.24 bits per heavy atom. The quantitative estimate of drug-likeness (QED) is 0.161. The average molecular weight is 547 g/mol. The van der Waals surface area contributed by atoms with E-state index < -0.39 is 45.2 Å². The topological polar surface area (TPSA) is 77.5 Å². The maximum atomic E-state index is 14.4. The summed E-state index contributed by atoms with van der Waals surface area (Å²) < 4.78 is 52.1. The smallest absolute Gasteiger partial charge is 0.346 e. The highest BCUT2D eigenvalue weighted by molar-refractivity contribution is 6.34. The molecule has 0 aliphatic heterocycles. The minimum atomic E-state index is -1.12. The van der Waals surface area contributed by atoms with Crippen LogP contribution in [0.3, 0.4) is 0 Å². The first-order valence-corrected chi connectivity index (χ1v) is 11.2. The Hall–Kier alpha value is -4.08. The Balaban J connectivity index is 1.73. The fraction of sp³-hybridized carbons (Fsp3) is 0.0385. The number of esters is 1. The van der Waals surface area contributed by atoms with Crippen LogP contribution in [0.1, 0.15) is 20.7 Å². The number of nitrogens with one attached hydrogen (secondary N) is 1. The second-order valence-electron chi connectivity index (χ2n) is 7.51. The summed E-state index contributed by atoms with van der Waals surface area (Å²) in [5.41, 5.74) is -0.0182. The van der Waals surface area contributed by atoms with Crippen LogP contribution >= 0.6 is 23.2 Å². The molecule has 4 rings (SSSR count). The Morgan fingerprint density at radius 1 is 0.838 bits per heavy atom. The lowest BCUT2D eigenvalue weighted by atomic mass is 10.0. The summed E-state index contributed by atoms with van der Waals surface area (Å²) in [6.45, 7) is 0. The molecule has 0 unspecified atom stereocenters. The van der Waals surface area contributed by atoms with Crippen molar-refractivity contribution in [1.82, 2.24) is 4.98 Å². The summed E-state index contributed by atoms with van der Waals surface area (Å²) in [6.07, 6.45) is 0. The zero-order valence-corrected chi connectivity index (χ0v) is 20.3. The molecule has 0 radical (unpaired) electrons. The monoisotopic (exact) mass is 546 g/mol. The minimum Gasteiger partial charge on any atom is -0.497 e. The van der Waals surface area contributed by atoms with Crippen LogP contribution in [-0.4, -0.2) is 24.0 Å². The van der Waals surface area contributed by atoms with Crippen molar-refractivity contribution in [2.45, 2.75) is 0 Å². The number of ether oxygens (including phenoxy) is 2. The van der Waals surface area contributed by atoms with E-state index in [0.717, 1.165) is 12.1 Å². The van der Waals surface area contributed by atoms with Crippen molar-refractivity contribution in [3.63, 3.8) is 0 Å². The summed E-state index contributed by atoms with van der Waals surface area (Å²) >= 11 is 11.5. The SMILES string of the molecule is COc1ccc(NC(=O)c2cc(-c3ccc(F)cc3F)ccc2OC(=O)c2cc(F)c(Cl)nc2Cl)cc1. The largest absolute Gasteiger partial charge is 0.497 e. The standard InChI is InChI=1S/C26H15Cl2F3N2O4/c1-36-16-6-4-15(5-7-16)32-25(34)18-10-13(17-8-3-14(29)11-20(17)30)2-9-22(18)37-26(35)19-12-21(31)24(28)33-23(19)27/h2-12H,1H3,(H,32,34). The predicted molar refractivity (Wildman–Crippen MR) is 132 cm³/mol. The molecule has 0 aliphatic carbocycles. The first-order valence-electron chi connectivity index (χ1n) is 10.4. The van der Waals surface area contributed by atoms with E-state index in [4.69, 9.17) is 32.7 Å². The highest BCUT2D eigenvalue weighted by atomic mass is 35.5. The van der Waals surface area contributed by atoms with Crippen LogP contribution in [0.25, 0.3) is 11.1 Å². The fourth-order valence-electron chi connectivity index (χ4n) is 3.30. The van der Waals surface area contributed by atoms with Crippen molar-refractivity contribution in [3.05, 3.63) is 106 Å². The van der Waals surface area contributed by atoms with Gasteiger partial charge in [0.05, 0.1) is 12.7 Å². The van der Waals surface area contributed by atoms with E-state index >= 15 is 0 Å². The summed E-state index contributed by atoms with van der Waals surface area (Å²) in [7, 11) is 1.49. The number of rotatable bonds is 6. The second-order valence-corrected chi connectivity index (χ2v) is 8.22. The number of carbonyl (C=O) groups excluding carboxylic acids is 2. The first-order chi connectivity index (χ1) is 17.7. The third-order valence-corrected chi connectivity index (χ3v) is 5.68. The van der Waals surface area contributed by atoms with Gasteiger partial charge in [-0.15, -0.1) is 0 Å². The molecule has 3 aromatic carbocycles. The molecule has 6 nitrogen and oxygen atoms in total. The van der Waals surface area contributed by atoms with E-state index in [1.807, 2.05) is 0 Å². The number of amides is 1. The molecule has 0 spiro atoms. The van der Waals surface area contributed by atoms with Crippen LogP contribution in [0.15, 0.2) is 66.7 Å². The third-order valence-electron chi connectivity index (χ3n) is 5.12. The maximum Gasteiger partial charge on any atom is 0.346 e. The van der Waals surface area contributed by atoms with E-state index in [9.17, 15) is 22.8 Å². The minimum absolute atomic E-state index is 0.00444. The van der Waals surface area contributed by atoms with Crippen LogP contribution < -0.4 is 14.8 Å². The lowest BCUT2D eigenvalue weighted by Crippen LogP contribution is -2.17. The van der Waals surface area contributed by atoms with Crippen molar-refractivity contribution in [3.8, 4) is 22.6 Å². The number of pyridine rings is 1. The molecule has 1 aromatic heterocycles. The van der Waals surface area contributed by atoms with E-state index in [2.05, 4.69) is 10.3 Å². The molecule has 1 heterocycles. The van der Waals surface area contributed by atoms with Gasteiger partial charge >= 0.3 is 5.97 Å². The molecule has 0 bridgehead atoms. The van der Waals surface area contributed by atoms with Crippen LogP contribution in [0, 0.1) is 17.5 Å². The van der Waals surface area contributed by atoms with E-state index in [1.54, 1.807) is 24.3 Å². The molecule has 37 heavy (non-hydrogen) atoms. The van der Waals surface area contributed by atoms with E-state index in [-0.39, 0.29) is 22.4 Å². The third kappa shape index (κ3) is 5.84. The average Bonchev–Trinajstić information content (AvgIpc) is 2.87. The first kappa shape index (κ1) is 26.0. The summed E-state index contributed by atoms with van der Waals surface area (Å²) in [5.74, 6) is -4.16. The molecule has 1 amide bonds. The predicted octanol–water partition coefficient (Wildman–Crippen LogP) is 6.95. The maximum absolute atomic E-state index is 14.4. The normalized spacial score (nSPS) is 10.6. The summed E-state index contributed by atoms with van der Waals surface area (Å²) in [5, 5.41) is 1.69. The molecule has 188 valence electrons. The molecule has 1 N–H and O–H groups in total. The zero-order valence-electron chi connectivity index (χ0n) is 18.8. The summed E-state index contributed by atoms with van der Waals surface area (Å²) in [4.78, 5) is 29.5. The van der Waals surface area contributed by atoms with Crippen LogP contribution in [-0.2, 0) is 0 Å². The van der Waals surface area contributed by atoms with Gasteiger partial charge in [0.1, 0.15) is 33.9 Å². The molecule has 11 heteroatoms. The Labute approximate surface area is 218 Å². The molecule has 0 saturated carbocycles. The molecule has 0 fully saturated rings. The highest BCUT2D eigenvalue weighted by Crippen LogP contribution is 2.31. The Morgan fingerprint density at radius 2 is 1.57 bits per heavy atom. The van der Waals surface area contributed by atoms with E-state index in [0.29, 0.717) is 17.5 Å². The van der Waals surface area contributed by atoms with Gasteiger partial charge in [0.25, 0.3) is 5.91 Å². The van der Waals surface area contributed by atoms with Crippen molar-refractivity contribution in [1.29, 1.82) is 0 Å². The van der Waals surface area contributed by atoms with Gasteiger partial charge in [-0.3, -0.25) is 4.79 Å². The van der Waals surface area contributed by atoms with Gasteiger partial charge in [-0.25, -0.2) is 22.9 Å². The summed E-state index contributed by atoms with van der Waals surface area (Å²) in [6, 6.07) is 14.0. The Bertz CT molecular complexity index is 1510. The van der Waals surface area contributed by atoms with Gasteiger partial charge in [0, 0.05) is 17.3 Å².